The van der Waals surface area contributed by atoms with Crippen LogP contribution in [0.5, 0.6) is 0 Å². The minimum absolute atomic E-state index is 0.651. The average molecular weight is 255 g/mol. The Kier molecular flexibility index (Phi) is 3.02. The second kappa shape index (κ2) is 4.33. The van der Waals surface area contributed by atoms with Crippen LogP contribution in [0.15, 0.2) is 48.8 Å². The summed E-state index contributed by atoms with van der Waals surface area (Å²) in [6.45, 7) is 0. The highest BCUT2D eigenvalue weighted by Crippen LogP contribution is 2.29. The van der Waals surface area contributed by atoms with Crippen molar-refractivity contribution in [3.8, 4) is 5.69 Å². The molecule has 0 aliphatic heterocycles. The van der Waals surface area contributed by atoms with Crippen LogP contribution in [0.4, 0.5) is 13.2 Å². The van der Waals surface area contributed by atoms with Crippen molar-refractivity contribution in [2.24, 2.45) is 0 Å². The molecule has 1 aromatic heterocycles. The van der Waals surface area contributed by atoms with Gasteiger partial charge in [-0.1, -0.05) is 12.2 Å². The summed E-state index contributed by atoms with van der Waals surface area (Å²) in [5, 5.41) is 0. The van der Waals surface area contributed by atoms with E-state index in [1.807, 2.05) is 0 Å². The molecule has 0 bridgehead atoms. The molecule has 0 aliphatic carbocycles. The van der Waals surface area contributed by atoms with Gasteiger partial charge in [0.15, 0.2) is 0 Å². The first kappa shape index (κ1) is 11.9. The van der Waals surface area contributed by atoms with Gasteiger partial charge in [0.05, 0.1) is 5.56 Å². The second-order valence-electron chi connectivity index (χ2n) is 3.49. The van der Waals surface area contributed by atoms with E-state index in [0.29, 0.717) is 10.2 Å². The third-order valence-corrected chi connectivity index (χ3v) is 2.56. The first-order chi connectivity index (χ1) is 7.97. The highest BCUT2D eigenvalue weighted by atomic mass is 32.1. The van der Waals surface area contributed by atoms with Gasteiger partial charge < -0.3 is 4.57 Å². The first-order valence-electron chi connectivity index (χ1n) is 4.83. The van der Waals surface area contributed by atoms with Crippen molar-refractivity contribution in [2.45, 2.75) is 6.18 Å². The zero-order valence-electron chi connectivity index (χ0n) is 8.61. The summed E-state index contributed by atoms with van der Waals surface area (Å²) in [6.07, 6.45) is -0.871. The maximum Gasteiger partial charge on any atom is 0.416 e. The highest BCUT2D eigenvalue weighted by molar-refractivity contribution is 7.71. The number of rotatable bonds is 1. The van der Waals surface area contributed by atoms with Crippen LogP contribution in [-0.2, 0) is 6.18 Å². The largest absolute Gasteiger partial charge is 0.416 e. The minimum atomic E-state index is -4.30. The number of aromatic nitrogens is 1. The summed E-state index contributed by atoms with van der Waals surface area (Å²) >= 11 is 4.93. The molecule has 1 aromatic carbocycles. The number of alkyl halides is 3. The fourth-order valence-electron chi connectivity index (χ4n) is 1.41. The topological polar surface area (TPSA) is 4.93 Å². The zero-order chi connectivity index (χ0) is 12.5. The Balaban J connectivity index is 2.36. The van der Waals surface area contributed by atoms with Crippen LogP contribution >= 0.6 is 12.2 Å². The van der Waals surface area contributed by atoms with Crippen molar-refractivity contribution in [2.75, 3.05) is 0 Å². The molecular weight excluding hydrogens is 247 g/mol. The summed E-state index contributed by atoms with van der Waals surface area (Å²) < 4.78 is 39.5. The number of halogens is 3. The molecule has 1 nitrogen and oxygen atoms in total. The summed E-state index contributed by atoms with van der Waals surface area (Å²) in [7, 11) is 0. The van der Waals surface area contributed by atoms with Gasteiger partial charge in [0.25, 0.3) is 0 Å². The molecule has 0 aliphatic rings. The van der Waals surface area contributed by atoms with Gasteiger partial charge in [-0.05, 0) is 36.4 Å². The van der Waals surface area contributed by atoms with Crippen molar-refractivity contribution >= 4 is 12.2 Å². The molecule has 1 heterocycles. The van der Waals surface area contributed by atoms with Gasteiger partial charge in [0.1, 0.15) is 0 Å². The fraction of sp³-hybridized carbons (Fsp3) is 0.0833. The summed E-state index contributed by atoms with van der Waals surface area (Å²) in [4.78, 5) is 0. The van der Waals surface area contributed by atoms with E-state index in [1.165, 1.54) is 12.1 Å². The zero-order valence-corrected chi connectivity index (χ0v) is 9.42. The third-order valence-electron chi connectivity index (χ3n) is 2.29. The Bertz CT molecular complexity index is 549. The molecule has 0 spiro atoms. The molecule has 0 saturated heterocycles. The van der Waals surface area contributed by atoms with E-state index in [4.69, 9.17) is 12.2 Å². The smallest absolute Gasteiger partial charge is 0.324 e. The summed E-state index contributed by atoms with van der Waals surface area (Å²) in [5.41, 5.74) is 0.00902. The quantitative estimate of drug-likeness (QED) is 0.690. The number of benzene rings is 1. The van der Waals surface area contributed by atoms with E-state index in [9.17, 15) is 13.2 Å². The van der Waals surface area contributed by atoms with Crippen LogP contribution in [0.25, 0.3) is 5.69 Å². The highest BCUT2D eigenvalue weighted by Gasteiger charge is 2.29. The van der Waals surface area contributed by atoms with Crippen molar-refractivity contribution < 1.29 is 13.2 Å². The number of pyridine rings is 1. The molecule has 17 heavy (non-hydrogen) atoms. The lowest BCUT2D eigenvalue weighted by Crippen LogP contribution is -2.04. The first-order valence-corrected chi connectivity index (χ1v) is 5.23. The van der Waals surface area contributed by atoms with Gasteiger partial charge in [-0.2, -0.15) is 13.2 Å². The Hall–Kier alpha value is -1.62. The van der Waals surface area contributed by atoms with Gasteiger partial charge >= 0.3 is 6.18 Å². The molecule has 5 heteroatoms. The lowest BCUT2D eigenvalue weighted by Gasteiger charge is -2.09. The van der Waals surface area contributed by atoms with Crippen molar-refractivity contribution in [3.63, 3.8) is 0 Å². The van der Waals surface area contributed by atoms with E-state index >= 15 is 0 Å². The summed E-state index contributed by atoms with van der Waals surface area (Å²) in [6, 6.07) is 8.39. The van der Waals surface area contributed by atoms with Crippen molar-refractivity contribution in [1.29, 1.82) is 0 Å². The number of hydrogen-bond donors (Lipinski definition) is 0. The van der Waals surface area contributed by atoms with Crippen molar-refractivity contribution in [1.82, 2.24) is 4.57 Å². The maximum atomic E-state index is 12.4. The number of nitrogens with zero attached hydrogens (tertiary/aromatic N) is 1. The third kappa shape index (κ3) is 2.74. The second-order valence-corrected chi connectivity index (χ2v) is 3.96. The normalized spacial score (nSPS) is 11.5. The molecule has 0 unspecified atom stereocenters. The predicted octanol–water partition coefficient (Wildman–Crippen LogP) is 4.23. The average Bonchev–Trinajstić information content (AvgIpc) is 2.29. The molecule has 0 fully saturated rings. The Morgan fingerprint density at radius 1 is 0.882 bits per heavy atom. The maximum absolute atomic E-state index is 12.4. The van der Waals surface area contributed by atoms with Crippen molar-refractivity contribution in [3.05, 3.63) is 58.9 Å². The van der Waals surface area contributed by atoms with Crippen LogP contribution in [0, 0.1) is 4.51 Å². The van der Waals surface area contributed by atoms with E-state index in [1.54, 1.807) is 29.1 Å². The fourth-order valence-corrected chi connectivity index (χ4v) is 1.53. The van der Waals surface area contributed by atoms with Crippen LogP contribution in [0.3, 0.4) is 0 Å². The predicted molar refractivity (Wildman–Crippen MR) is 61.6 cm³/mol. The van der Waals surface area contributed by atoms with Crippen LogP contribution in [0.1, 0.15) is 5.56 Å². The van der Waals surface area contributed by atoms with E-state index in [-0.39, 0.29) is 0 Å². The van der Waals surface area contributed by atoms with Gasteiger partial charge in [-0.3, -0.25) is 0 Å². The molecule has 2 aromatic rings. The molecule has 0 N–H and O–H groups in total. The Morgan fingerprint density at radius 2 is 1.41 bits per heavy atom. The molecule has 2 rings (SSSR count). The molecule has 0 radical (unpaired) electrons. The van der Waals surface area contributed by atoms with Gasteiger partial charge in [-0.25, -0.2) is 0 Å². The molecule has 0 atom stereocenters. The van der Waals surface area contributed by atoms with Crippen LogP contribution < -0.4 is 0 Å². The minimum Gasteiger partial charge on any atom is -0.324 e. The van der Waals surface area contributed by atoms with Gasteiger partial charge in [-0.15, -0.1) is 0 Å². The Labute approximate surface area is 101 Å². The summed E-state index contributed by atoms with van der Waals surface area (Å²) in [5.74, 6) is 0. The number of hydrogen-bond acceptors (Lipinski definition) is 1. The van der Waals surface area contributed by atoms with Crippen LogP contribution in [-0.4, -0.2) is 4.57 Å². The molecule has 88 valence electrons. The molecule has 0 amide bonds. The SMILES string of the molecule is FC(F)(F)c1ccc(-n2ccc(=S)cc2)cc1. The lowest BCUT2D eigenvalue weighted by molar-refractivity contribution is -0.137. The molecular formula is C12H8F3NS. The lowest BCUT2D eigenvalue weighted by atomic mass is 10.2. The monoisotopic (exact) mass is 255 g/mol. The van der Waals surface area contributed by atoms with Crippen LogP contribution in [0.2, 0.25) is 0 Å². The van der Waals surface area contributed by atoms with Gasteiger partial charge in [0.2, 0.25) is 0 Å². The van der Waals surface area contributed by atoms with Gasteiger partial charge in [0, 0.05) is 22.6 Å². The van der Waals surface area contributed by atoms with E-state index in [0.717, 1.165) is 12.1 Å². The van der Waals surface area contributed by atoms with E-state index < -0.39 is 11.7 Å². The standard InChI is InChI=1S/C12H8F3NS/c13-12(14,15)9-1-3-10(4-2-9)16-7-5-11(17)6-8-16/h1-8H. The Morgan fingerprint density at radius 3 is 1.88 bits per heavy atom. The van der Waals surface area contributed by atoms with E-state index in [2.05, 4.69) is 0 Å². The molecule has 0 saturated carbocycles.